The van der Waals surface area contributed by atoms with E-state index in [2.05, 4.69) is 15.9 Å². The second-order valence-corrected chi connectivity index (χ2v) is 8.24. The van der Waals surface area contributed by atoms with Crippen molar-refractivity contribution in [1.29, 1.82) is 0 Å². The van der Waals surface area contributed by atoms with Crippen molar-refractivity contribution in [2.24, 2.45) is 0 Å². The SMILES string of the molecule is CCc1cc2oc(-c3cc(OC)c(OCc4ccccc4)c(OC)c3)c(O)c(=O)c2cc1Br. The fraction of sp³-hybridized carbons (Fsp3) is 0.192. The molecule has 0 bridgehead atoms. The van der Waals surface area contributed by atoms with Crippen molar-refractivity contribution in [3.63, 3.8) is 0 Å². The Bertz CT molecular complexity index is 1340. The molecule has 0 amide bonds. The zero-order valence-electron chi connectivity index (χ0n) is 18.5. The van der Waals surface area contributed by atoms with Crippen molar-refractivity contribution in [2.45, 2.75) is 20.0 Å². The fourth-order valence-electron chi connectivity index (χ4n) is 3.60. The molecule has 4 aromatic rings. The molecule has 1 aromatic heterocycles. The smallest absolute Gasteiger partial charge is 0.235 e. The molecule has 0 atom stereocenters. The number of methoxy groups -OCH3 is 2. The maximum atomic E-state index is 12.9. The zero-order chi connectivity index (χ0) is 23.5. The molecule has 0 aliphatic rings. The predicted octanol–water partition coefficient (Wildman–Crippen LogP) is 6.09. The number of hydrogen-bond acceptors (Lipinski definition) is 6. The van der Waals surface area contributed by atoms with Gasteiger partial charge in [-0.15, -0.1) is 0 Å². The third kappa shape index (κ3) is 4.41. The molecule has 3 aromatic carbocycles. The number of rotatable bonds is 7. The van der Waals surface area contributed by atoms with Crippen LogP contribution in [0, 0.1) is 0 Å². The van der Waals surface area contributed by atoms with E-state index < -0.39 is 11.2 Å². The molecule has 0 aliphatic heterocycles. The number of ether oxygens (including phenoxy) is 3. The molecular weight excluding hydrogens is 488 g/mol. The van der Waals surface area contributed by atoms with E-state index in [0.29, 0.717) is 40.4 Å². The van der Waals surface area contributed by atoms with Crippen LogP contribution >= 0.6 is 15.9 Å². The molecule has 0 saturated heterocycles. The van der Waals surface area contributed by atoms with E-state index in [-0.39, 0.29) is 5.76 Å². The van der Waals surface area contributed by atoms with Crippen LogP contribution in [0.5, 0.6) is 23.0 Å². The van der Waals surface area contributed by atoms with E-state index in [9.17, 15) is 9.90 Å². The molecular formula is C26H23BrO6. The third-order valence-electron chi connectivity index (χ3n) is 5.37. The number of fused-ring (bicyclic) bond motifs is 1. The largest absolute Gasteiger partial charge is 0.502 e. The second-order valence-electron chi connectivity index (χ2n) is 7.39. The summed E-state index contributed by atoms with van der Waals surface area (Å²) in [6, 6.07) is 16.5. The van der Waals surface area contributed by atoms with Crippen molar-refractivity contribution < 1.29 is 23.7 Å². The Morgan fingerprint density at radius 1 is 1.00 bits per heavy atom. The Labute approximate surface area is 199 Å². The van der Waals surface area contributed by atoms with Gasteiger partial charge in [0.15, 0.2) is 17.3 Å². The fourth-order valence-corrected chi connectivity index (χ4v) is 4.22. The number of aryl methyl sites for hydroxylation is 1. The molecule has 0 spiro atoms. The number of benzene rings is 3. The van der Waals surface area contributed by atoms with Gasteiger partial charge < -0.3 is 23.7 Å². The molecule has 4 rings (SSSR count). The van der Waals surface area contributed by atoms with Gasteiger partial charge in [0, 0.05) is 10.0 Å². The molecule has 0 aliphatic carbocycles. The first-order valence-corrected chi connectivity index (χ1v) is 11.2. The molecule has 0 fully saturated rings. The summed E-state index contributed by atoms with van der Waals surface area (Å²) in [7, 11) is 3.02. The van der Waals surface area contributed by atoms with Gasteiger partial charge in [0.1, 0.15) is 12.2 Å². The lowest BCUT2D eigenvalue weighted by molar-refractivity contribution is 0.266. The Kier molecular flexibility index (Phi) is 6.60. The van der Waals surface area contributed by atoms with E-state index in [1.807, 2.05) is 37.3 Å². The predicted molar refractivity (Wildman–Crippen MR) is 131 cm³/mol. The molecule has 0 radical (unpaired) electrons. The van der Waals surface area contributed by atoms with E-state index in [0.717, 1.165) is 22.0 Å². The van der Waals surface area contributed by atoms with E-state index >= 15 is 0 Å². The summed E-state index contributed by atoms with van der Waals surface area (Å²) in [5, 5.41) is 11.0. The maximum Gasteiger partial charge on any atom is 0.235 e. The molecule has 33 heavy (non-hydrogen) atoms. The van der Waals surface area contributed by atoms with Crippen molar-refractivity contribution in [3.05, 3.63) is 80.4 Å². The highest BCUT2D eigenvalue weighted by molar-refractivity contribution is 9.10. The van der Waals surface area contributed by atoms with E-state index in [1.54, 1.807) is 24.3 Å². The zero-order valence-corrected chi connectivity index (χ0v) is 20.1. The Balaban J connectivity index is 1.82. The number of hydrogen-bond donors (Lipinski definition) is 1. The minimum absolute atomic E-state index is 0.0306. The molecule has 0 saturated carbocycles. The molecule has 1 heterocycles. The van der Waals surface area contributed by atoms with Gasteiger partial charge in [0.05, 0.1) is 19.6 Å². The first-order chi connectivity index (χ1) is 16.0. The highest BCUT2D eigenvalue weighted by Gasteiger charge is 2.21. The summed E-state index contributed by atoms with van der Waals surface area (Å²) in [4.78, 5) is 12.9. The van der Waals surface area contributed by atoms with Gasteiger partial charge in [-0.1, -0.05) is 53.2 Å². The highest BCUT2D eigenvalue weighted by Crippen LogP contribution is 2.43. The normalized spacial score (nSPS) is 10.9. The van der Waals surface area contributed by atoms with Crippen LogP contribution in [0.4, 0.5) is 0 Å². The van der Waals surface area contributed by atoms with Gasteiger partial charge >= 0.3 is 0 Å². The lowest BCUT2D eigenvalue weighted by atomic mass is 10.1. The third-order valence-corrected chi connectivity index (χ3v) is 6.10. The molecule has 6 nitrogen and oxygen atoms in total. The quantitative estimate of drug-likeness (QED) is 0.324. The molecule has 1 N–H and O–H groups in total. The summed E-state index contributed by atoms with van der Waals surface area (Å²) < 4.78 is 23.9. The van der Waals surface area contributed by atoms with Crippen molar-refractivity contribution >= 4 is 26.9 Å². The van der Waals surface area contributed by atoms with Crippen LogP contribution in [0.2, 0.25) is 0 Å². The van der Waals surface area contributed by atoms with E-state index in [1.165, 1.54) is 14.2 Å². The lowest BCUT2D eigenvalue weighted by Gasteiger charge is -2.16. The Morgan fingerprint density at radius 2 is 1.67 bits per heavy atom. The minimum Gasteiger partial charge on any atom is -0.502 e. The van der Waals surface area contributed by atoms with Crippen LogP contribution in [0.15, 0.2) is 68.3 Å². The standard InChI is InChI=1S/C26H23BrO6/c1-4-16-10-20-18(13-19(16)27)23(28)24(29)25(33-20)17-11-21(30-2)26(22(12-17)31-3)32-14-15-8-6-5-7-9-15/h5-13,29H,4,14H2,1-3H3. The summed E-state index contributed by atoms with van der Waals surface area (Å²) >= 11 is 3.47. The van der Waals surface area contributed by atoms with Crippen LogP contribution in [0.3, 0.4) is 0 Å². The van der Waals surface area contributed by atoms with Crippen LogP contribution in [-0.2, 0) is 13.0 Å². The van der Waals surface area contributed by atoms with Gasteiger partial charge in [0.2, 0.25) is 16.9 Å². The summed E-state index contributed by atoms with van der Waals surface area (Å²) in [5.74, 6) is 0.719. The molecule has 7 heteroatoms. The first kappa shape index (κ1) is 22.7. The Morgan fingerprint density at radius 3 is 2.27 bits per heavy atom. The lowest BCUT2D eigenvalue weighted by Crippen LogP contribution is -2.04. The first-order valence-electron chi connectivity index (χ1n) is 10.4. The summed E-state index contributed by atoms with van der Waals surface area (Å²) in [5.41, 5.74) is 2.27. The average Bonchev–Trinajstić information content (AvgIpc) is 2.85. The van der Waals surface area contributed by atoms with Crippen LogP contribution in [0.25, 0.3) is 22.3 Å². The van der Waals surface area contributed by atoms with Gasteiger partial charge in [-0.3, -0.25) is 4.79 Å². The average molecular weight is 511 g/mol. The summed E-state index contributed by atoms with van der Waals surface area (Å²) in [6.45, 7) is 2.33. The minimum atomic E-state index is -0.517. The number of aromatic hydroxyl groups is 1. The van der Waals surface area contributed by atoms with Crippen LogP contribution in [-0.4, -0.2) is 19.3 Å². The van der Waals surface area contributed by atoms with Crippen molar-refractivity contribution in [1.82, 2.24) is 0 Å². The van der Waals surface area contributed by atoms with E-state index in [4.69, 9.17) is 18.6 Å². The van der Waals surface area contributed by atoms with Crippen molar-refractivity contribution in [3.8, 4) is 34.3 Å². The monoisotopic (exact) mass is 510 g/mol. The van der Waals surface area contributed by atoms with Crippen molar-refractivity contribution in [2.75, 3.05) is 14.2 Å². The van der Waals surface area contributed by atoms with Crippen LogP contribution < -0.4 is 19.6 Å². The van der Waals surface area contributed by atoms with Crippen LogP contribution in [0.1, 0.15) is 18.1 Å². The molecule has 170 valence electrons. The van der Waals surface area contributed by atoms with Gasteiger partial charge in [0.25, 0.3) is 0 Å². The Hall–Kier alpha value is -3.45. The van der Waals surface area contributed by atoms with Gasteiger partial charge in [-0.25, -0.2) is 0 Å². The number of halogens is 1. The maximum absolute atomic E-state index is 12.9. The molecule has 0 unspecified atom stereocenters. The summed E-state index contributed by atoms with van der Waals surface area (Å²) in [6.07, 6.45) is 0.755. The van der Waals surface area contributed by atoms with Gasteiger partial charge in [-0.05, 0) is 41.8 Å². The second kappa shape index (κ2) is 9.58. The highest BCUT2D eigenvalue weighted by atomic mass is 79.9. The topological polar surface area (TPSA) is 78.1 Å². The van der Waals surface area contributed by atoms with Gasteiger partial charge in [-0.2, -0.15) is 0 Å².